The molecule has 3 aliphatic rings. The summed E-state index contributed by atoms with van der Waals surface area (Å²) in [6.07, 6.45) is 2.40. The molecule has 5 rings (SSSR count). The number of halogens is 1. The van der Waals surface area contributed by atoms with E-state index in [0.29, 0.717) is 36.6 Å². The van der Waals surface area contributed by atoms with Crippen molar-refractivity contribution < 1.29 is 23.9 Å². The largest absolute Gasteiger partial charge is 0.490 e. The van der Waals surface area contributed by atoms with E-state index in [2.05, 4.69) is 60.5 Å². The smallest absolute Gasteiger partial charge is 0.262 e. The Morgan fingerprint density at radius 2 is 1.50 bits per heavy atom. The van der Waals surface area contributed by atoms with Crippen molar-refractivity contribution in [2.24, 2.45) is 10.8 Å². The molecule has 8 heteroatoms. The number of Topliss-reactive ketones (excluding diaryl/α,β-unsaturated/α-hetero) is 2. The minimum absolute atomic E-state index is 0.0909. The fraction of sp³-hybridized carbons (Fsp3) is 0.441. The zero-order valence-electron chi connectivity index (χ0n) is 25.2. The number of hydrogen-bond acceptors (Lipinski definition) is 6. The molecule has 7 nitrogen and oxygen atoms in total. The van der Waals surface area contributed by atoms with Gasteiger partial charge >= 0.3 is 0 Å². The first-order chi connectivity index (χ1) is 19.8. The molecule has 0 saturated carbocycles. The highest BCUT2D eigenvalue weighted by Crippen LogP contribution is 2.54. The maximum atomic E-state index is 13.9. The number of carbonyl (C=O) groups is 3. The monoisotopic (exact) mass is 682 g/mol. The van der Waals surface area contributed by atoms with Crippen LogP contribution in [0.1, 0.15) is 71.8 Å². The highest BCUT2D eigenvalue weighted by molar-refractivity contribution is 14.1. The molecule has 222 valence electrons. The van der Waals surface area contributed by atoms with Crippen molar-refractivity contribution >= 4 is 45.8 Å². The van der Waals surface area contributed by atoms with Crippen LogP contribution < -0.4 is 14.8 Å². The minimum Gasteiger partial charge on any atom is -0.490 e. The van der Waals surface area contributed by atoms with Crippen LogP contribution in [0.2, 0.25) is 0 Å². The molecule has 0 fully saturated rings. The summed E-state index contributed by atoms with van der Waals surface area (Å²) >= 11 is 2.19. The number of nitrogens with zero attached hydrogens (tertiary/aromatic N) is 1. The fourth-order valence-electron chi connectivity index (χ4n) is 6.51. The van der Waals surface area contributed by atoms with Crippen molar-refractivity contribution in [1.82, 2.24) is 4.90 Å². The Balaban J connectivity index is 1.56. The number of ether oxygens (including phenoxy) is 2. The van der Waals surface area contributed by atoms with Crippen LogP contribution in [-0.4, -0.2) is 42.6 Å². The second-order valence-electron chi connectivity index (χ2n) is 13.1. The van der Waals surface area contributed by atoms with Crippen LogP contribution in [0.15, 0.2) is 65.0 Å². The summed E-state index contributed by atoms with van der Waals surface area (Å²) in [5.74, 6) is 0.382. The van der Waals surface area contributed by atoms with E-state index in [9.17, 15) is 14.4 Å². The van der Waals surface area contributed by atoms with Gasteiger partial charge in [0.25, 0.3) is 5.91 Å². The van der Waals surface area contributed by atoms with E-state index in [0.717, 1.165) is 44.5 Å². The quantitative estimate of drug-likeness (QED) is 0.316. The van der Waals surface area contributed by atoms with E-state index in [4.69, 9.17) is 9.47 Å². The summed E-state index contributed by atoms with van der Waals surface area (Å²) < 4.78 is 12.8. The van der Waals surface area contributed by atoms with Gasteiger partial charge in [0.2, 0.25) is 0 Å². The summed E-state index contributed by atoms with van der Waals surface area (Å²) in [5.41, 5.74) is 4.66. The molecule has 2 aromatic carbocycles. The van der Waals surface area contributed by atoms with Gasteiger partial charge in [-0.1, -0.05) is 45.9 Å². The van der Waals surface area contributed by atoms with Gasteiger partial charge in [-0.15, -0.1) is 0 Å². The van der Waals surface area contributed by atoms with Crippen molar-refractivity contribution in [2.75, 3.05) is 25.6 Å². The summed E-state index contributed by atoms with van der Waals surface area (Å²) in [7, 11) is 2.01. The van der Waals surface area contributed by atoms with E-state index in [1.165, 1.54) is 0 Å². The van der Waals surface area contributed by atoms with Gasteiger partial charge in [-0.3, -0.25) is 14.4 Å². The van der Waals surface area contributed by atoms with Gasteiger partial charge in [-0.2, -0.15) is 0 Å². The van der Waals surface area contributed by atoms with Crippen molar-refractivity contribution in [3.05, 3.63) is 74.1 Å². The van der Waals surface area contributed by atoms with Crippen LogP contribution in [-0.2, 0) is 14.4 Å². The van der Waals surface area contributed by atoms with Gasteiger partial charge in [0.05, 0.1) is 10.2 Å². The summed E-state index contributed by atoms with van der Waals surface area (Å²) in [6, 6.07) is 13.1. The Morgan fingerprint density at radius 1 is 0.929 bits per heavy atom. The number of anilines is 1. The Labute approximate surface area is 261 Å². The zero-order chi connectivity index (χ0) is 30.4. The predicted molar refractivity (Wildman–Crippen MR) is 171 cm³/mol. The van der Waals surface area contributed by atoms with Crippen LogP contribution in [0.25, 0.3) is 0 Å². The molecule has 0 bridgehead atoms. The first-order valence-electron chi connectivity index (χ1n) is 14.5. The lowest BCUT2D eigenvalue weighted by atomic mass is 9.64. The third kappa shape index (κ3) is 6.00. The van der Waals surface area contributed by atoms with Gasteiger partial charge in [-0.25, -0.2) is 0 Å². The van der Waals surface area contributed by atoms with Crippen LogP contribution in [0.4, 0.5) is 5.69 Å². The molecule has 0 radical (unpaired) electrons. The van der Waals surface area contributed by atoms with E-state index < -0.39 is 5.92 Å². The molecule has 0 unspecified atom stereocenters. The summed E-state index contributed by atoms with van der Waals surface area (Å²) in [4.78, 5) is 42.5. The second-order valence-corrected chi connectivity index (χ2v) is 14.2. The summed E-state index contributed by atoms with van der Waals surface area (Å²) in [6.45, 7) is 10.6. The maximum Gasteiger partial charge on any atom is 0.262 e. The topological polar surface area (TPSA) is 84.9 Å². The fourth-order valence-corrected chi connectivity index (χ4v) is 7.29. The number of nitrogens with one attached hydrogen (secondary N) is 1. The normalized spacial score (nSPS) is 19.8. The van der Waals surface area contributed by atoms with E-state index in [1.807, 2.05) is 56.4 Å². The number of benzene rings is 2. The standard InChI is InChI=1S/C34H39IN2O5/c1-7-41-27-14-20(13-22(35)32(27)42-19-28(40)36-21-11-9-8-10-12-21)29-30-23(15-33(2,3)17-25(30)38)37(6)24-16-34(4,5)18-26(39)31(24)29/h8-14,29H,7,15-19H2,1-6H3,(H,36,40). The van der Waals surface area contributed by atoms with Gasteiger partial charge in [0, 0.05) is 54.0 Å². The molecule has 1 amide bonds. The Bertz CT molecular complexity index is 1450. The first-order valence-corrected chi connectivity index (χ1v) is 15.6. The Hall–Kier alpha value is -3.14. The Morgan fingerprint density at radius 3 is 2.05 bits per heavy atom. The first kappa shape index (κ1) is 30.3. The number of hydrogen-bond donors (Lipinski definition) is 1. The average molecular weight is 683 g/mol. The third-order valence-corrected chi connectivity index (χ3v) is 9.05. The Kier molecular flexibility index (Phi) is 8.31. The molecular weight excluding hydrogens is 643 g/mol. The highest BCUT2D eigenvalue weighted by atomic mass is 127. The predicted octanol–water partition coefficient (Wildman–Crippen LogP) is 7.02. The van der Waals surface area contributed by atoms with Crippen molar-refractivity contribution in [2.45, 2.75) is 66.2 Å². The lowest BCUT2D eigenvalue weighted by molar-refractivity contribution is -0.120. The number of allylic oxidation sites excluding steroid dienone is 4. The number of para-hydroxylation sites is 1. The molecule has 42 heavy (non-hydrogen) atoms. The number of carbonyl (C=O) groups excluding carboxylic acids is 3. The van der Waals surface area contributed by atoms with E-state index in [1.54, 1.807) is 0 Å². The molecule has 2 aromatic rings. The molecule has 1 aliphatic heterocycles. The lowest BCUT2D eigenvalue weighted by Gasteiger charge is -2.48. The average Bonchev–Trinajstić information content (AvgIpc) is 2.89. The molecule has 0 atom stereocenters. The van der Waals surface area contributed by atoms with Crippen molar-refractivity contribution in [3.8, 4) is 11.5 Å². The van der Waals surface area contributed by atoms with E-state index >= 15 is 0 Å². The molecule has 0 aromatic heterocycles. The summed E-state index contributed by atoms with van der Waals surface area (Å²) in [5, 5.41) is 2.84. The molecule has 1 N–H and O–H groups in total. The molecule has 1 heterocycles. The van der Waals surface area contributed by atoms with Gasteiger partial charge < -0.3 is 19.7 Å². The zero-order valence-corrected chi connectivity index (χ0v) is 27.4. The van der Waals surface area contributed by atoms with Gasteiger partial charge in [0.1, 0.15) is 0 Å². The van der Waals surface area contributed by atoms with Crippen LogP contribution in [0.5, 0.6) is 11.5 Å². The van der Waals surface area contributed by atoms with Crippen molar-refractivity contribution in [1.29, 1.82) is 0 Å². The molecular formula is C34H39IN2O5. The number of amides is 1. The second kappa shape index (κ2) is 11.5. The maximum absolute atomic E-state index is 13.9. The van der Waals surface area contributed by atoms with Gasteiger partial charge in [0.15, 0.2) is 29.7 Å². The van der Waals surface area contributed by atoms with Gasteiger partial charge in [-0.05, 0) is 83.0 Å². The number of rotatable bonds is 7. The number of ketones is 2. The molecule has 2 aliphatic carbocycles. The lowest BCUT2D eigenvalue weighted by Crippen LogP contribution is -2.43. The van der Waals surface area contributed by atoms with Crippen LogP contribution >= 0.6 is 22.6 Å². The molecule has 0 saturated heterocycles. The minimum atomic E-state index is -0.471. The SMILES string of the molecule is CCOc1cc(C2C3=C(CC(C)(C)CC3=O)N(C)C3=C2C(=O)CC(C)(C)C3)cc(I)c1OCC(=O)Nc1ccccc1. The van der Waals surface area contributed by atoms with E-state index in [-0.39, 0.29) is 34.9 Å². The van der Waals surface area contributed by atoms with Crippen LogP contribution in [0.3, 0.4) is 0 Å². The molecule has 0 spiro atoms. The van der Waals surface area contributed by atoms with Crippen molar-refractivity contribution in [3.63, 3.8) is 0 Å². The highest BCUT2D eigenvalue weighted by Gasteiger charge is 2.48. The third-order valence-electron chi connectivity index (χ3n) is 8.25. The van der Waals surface area contributed by atoms with Crippen LogP contribution in [0, 0.1) is 14.4 Å².